The van der Waals surface area contributed by atoms with Crippen LogP contribution in [-0.2, 0) is 0 Å². The van der Waals surface area contributed by atoms with Crippen molar-refractivity contribution in [2.24, 2.45) is 10.2 Å². The van der Waals surface area contributed by atoms with E-state index >= 15 is 0 Å². The van der Waals surface area contributed by atoms with Gasteiger partial charge in [0.25, 0.3) is 0 Å². The van der Waals surface area contributed by atoms with E-state index in [1.165, 1.54) is 5.71 Å². The second kappa shape index (κ2) is 5.15. The van der Waals surface area contributed by atoms with Gasteiger partial charge in [0, 0.05) is 11.4 Å². The highest BCUT2D eigenvalue weighted by Crippen LogP contribution is 1.92. The Bertz CT molecular complexity index is 135. The molecule has 0 radical (unpaired) electrons. The molecule has 0 aliphatic carbocycles. The van der Waals surface area contributed by atoms with E-state index < -0.39 is 0 Å². The minimum Gasteiger partial charge on any atom is -0.161 e. The van der Waals surface area contributed by atoms with E-state index in [0.717, 1.165) is 18.6 Å². The average molecular weight is 140 g/mol. The zero-order valence-electron chi connectivity index (χ0n) is 7.31. The molecule has 10 heavy (non-hydrogen) atoms. The molecule has 0 atom stereocenters. The van der Waals surface area contributed by atoms with E-state index in [1.54, 1.807) is 0 Å². The first-order valence-corrected chi connectivity index (χ1v) is 3.77. The van der Waals surface area contributed by atoms with Gasteiger partial charge in [0.1, 0.15) is 0 Å². The van der Waals surface area contributed by atoms with Crippen molar-refractivity contribution in [1.29, 1.82) is 0 Å². The normalized spacial score (nSPS) is 8.80. The van der Waals surface area contributed by atoms with Crippen molar-refractivity contribution in [1.82, 2.24) is 0 Å². The van der Waals surface area contributed by atoms with E-state index in [2.05, 4.69) is 24.1 Å². The predicted molar refractivity (Wildman–Crippen MR) is 46.8 cm³/mol. The number of hydrogen-bond acceptors (Lipinski definition) is 2. The van der Waals surface area contributed by atoms with Gasteiger partial charge >= 0.3 is 0 Å². The van der Waals surface area contributed by atoms with Crippen LogP contribution in [0.25, 0.3) is 0 Å². The van der Waals surface area contributed by atoms with E-state index in [0.29, 0.717) is 0 Å². The summed E-state index contributed by atoms with van der Waals surface area (Å²) in [5.41, 5.74) is 2.18. The molecule has 2 heteroatoms. The van der Waals surface area contributed by atoms with Crippen molar-refractivity contribution in [2.45, 2.75) is 40.5 Å². The monoisotopic (exact) mass is 140 g/mol. The fourth-order valence-electron chi connectivity index (χ4n) is 0.562. The molecule has 0 saturated carbocycles. The SMILES string of the molecule is CCC(CC)=NN=C(C)C. The second-order valence-corrected chi connectivity index (χ2v) is 2.42. The summed E-state index contributed by atoms with van der Waals surface area (Å²) < 4.78 is 0. The van der Waals surface area contributed by atoms with Gasteiger partial charge in [-0.3, -0.25) is 0 Å². The minimum atomic E-state index is 1.01. The maximum atomic E-state index is 4.06. The molecule has 0 aromatic heterocycles. The molecule has 0 aliphatic heterocycles. The molecule has 0 heterocycles. The molecule has 0 saturated heterocycles. The van der Waals surface area contributed by atoms with Gasteiger partial charge in [-0.05, 0) is 26.7 Å². The van der Waals surface area contributed by atoms with Crippen molar-refractivity contribution >= 4 is 11.4 Å². The summed E-state index contributed by atoms with van der Waals surface area (Å²) in [6.45, 7) is 8.10. The van der Waals surface area contributed by atoms with Crippen molar-refractivity contribution in [3.05, 3.63) is 0 Å². The zero-order valence-corrected chi connectivity index (χ0v) is 7.31. The van der Waals surface area contributed by atoms with Crippen LogP contribution in [0, 0.1) is 0 Å². The van der Waals surface area contributed by atoms with Crippen molar-refractivity contribution in [3.8, 4) is 0 Å². The van der Waals surface area contributed by atoms with Gasteiger partial charge in [-0.2, -0.15) is 10.2 Å². The molecule has 0 spiro atoms. The van der Waals surface area contributed by atoms with Crippen LogP contribution >= 0.6 is 0 Å². The molecule has 0 rings (SSSR count). The quantitative estimate of drug-likeness (QED) is 0.425. The van der Waals surface area contributed by atoms with Crippen LogP contribution in [0.3, 0.4) is 0 Å². The van der Waals surface area contributed by atoms with Gasteiger partial charge in [-0.25, -0.2) is 0 Å². The van der Waals surface area contributed by atoms with Crippen LogP contribution in [-0.4, -0.2) is 11.4 Å². The first-order chi connectivity index (χ1) is 4.70. The first-order valence-electron chi connectivity index (χ1n) is 3.77. The summed E-state index contributed by atoms with van der Waals surface area (Å²) in [5.74, 6) is 0. The lowest BCUT2D eigenvalue weighted by Gasteiger charge is -1.93. The summed E-state index contributed by atoms with van der Waals surface area (Å²) in [5, 5.41) is 8.04. The molecule has 0 bridgehead atoms. The molecule has 0 aromatic carbocycles. The van der Waals surface area contributed by atoms with Crippen LogP contribution < -0.4 is 0 Å². The Labute approximate surface area is 63.1 Å². The molecule has 58 valence electrons. The molecule has 0 fully saturated rings. The van der Waals surface area contributed by atoms with Crippen LogP contribution in [0.4, 0.5) is 0 Å². The van der Waals surface area contributed by atoms with Gasteiger partial charge in [0.05, 0.1) is 0 Å². The zero-order chi connectivity index (χ0) is 7.98. The highest BCUT2D eigenvalue weighted by molar-refractivity contribution is 5.85. The molecular formula is C8H16N2. The Balaban J connectivity index is 3.99. The summed E-state index contributed by atoms with van der Waals surface area (Å²) in [4.78, 5) is 0. The fraction of sp³-hybridized carbons (Fsp3) is 0.750. The Kier molecular flexibility index (Phi) is 4.81. The maximum absolute atomic E-state index is 4.06. The Hall–Kier alpha value is -0.660. The molecular weight excluding hydrogens is 124 g/mol. The van der Waals surface area contributed by atoms with E-state index in [1.807, 2.05) is 13.8 Å². The molecule has 0 N–H and O–H groups in total. The van der Waals surface area contributed by atoms with E-state index in [4.69, 9.17) is 0 Å². The Morgan fingerprint density at radius 2 is 1.50 bits per heavy atom. The second-order valence-electron chi connectivity index (χ2n) is 2.42. The van der Waals surface area contributed by atoms with Crippen molar-refractivity contribution in [2.75, 3.05) is 0 Å². The topological polar surface area (TPSA) is 24.7 Å². The van der Waals surface area contributed by atoms with Crippen LogP contribution in [0.1, 0.15) is 40.5 Å². The van der Waals surface area contributed by atoms with E-state index in [9.17, 15) is 0 Å². The standard InChI is InChI=1S/C8H16N2/c1-5-8(6-2)10-9-7(3)4/h5-6H2,1-4H3. The number of hydrogen-bond donors (Lipinski definition) is 0. The van der Waals surface area contributed by atoms with Gasteiger partial charge in [0.15, 0.2) is 0 Å². The molecule has 0 aliphatic rings. The largest absolute Gasteiger partial charge is 0.161 e. The third-order valence-electron chi connectivity index (χ3n) is 1.21. The number of nitrogens with zero attached hydrogens (tertiary/aromatic N) is 2. The molecule has 0 aromatic rings. The average Bonchev–Trinajstić information content (AvgIpc) is 1.90. The van der Waals surface area contributed by atoms with Crippen molar-refractivity contribution < 1.29 is 0 Å². The van der Waals surface area contributed by atoms with Gasteiger partial charge in [0.2, 0.25) is 0 Å². The lowest BCUT2D eigenvalue weighted by Crippen LogP contribution is -1.92. The number of rotatable bonds is 3. The van der Waals surface area contributed by atoms with Gasteiger partial charge in [-0.15, -0.1) is 0 Å². The lowest BCUT2D eigenvalue weighted by atomic mass is 10.2. The summed E-state index contributed by atoms with van der Waals surface area (Å²) in [6.07, 6.45) is 2.01. The summed E-state index contributed by atoms with van der Waals surface area (Å²) >= 11 is 0. The Morgan fingerprint density at radius 1 is 1.00 bits per heavy atom. The smallest absolute Gasteiger partial charge is 0.0400 e. The third-order valence-corrected chi connectivity index (χ3v) is 1.21. The fourth-order valence-corrected chi connectivity index (χ4v) is 0.562. The summed E-state index contributed by atoms with van der Waals surface area (Å²) in [6, 6.07) is 0. The Morgan fingerprint density at radius 3 is 1.80 bits per heavy atom. The van der Waals surface area contributed by atoms with Gasteiger partial charge < -0.3 is 0 Å². The van der Waals surface area contributed by atoms with Crippen LogP contribution in [0.15, 0.2) is 10.2 Å². The van der Waals surface area contributed by atoms with Crippen molar-refractivity contribution in [3.63, 3.8) is 0 Å². The van der Waals surface area contributed by atoms with Crippen LogP contribution in [0.2, 0.25) is 0 Å². The highest BCUT2D eigenvalue weighted by Gasteiger charge is 1.88. The first kappa shape index (κ1) is 9.34. The highest BCUT2D eigenvalue weighted by atomic mass is 15.2. The minimum absolute atomic E-state index is 1.01. The molecule has 2 nitrogen and oxygen atoms in total. The lowest BCUT2D eigenvalue weighted by molar-refractivity contribution is 1.09. The van der Waals surface area contributed by atoms with E-state index in [-0.39, 0.29) is 0 Å². The third kappa shape index (κ3) is 4.24. The predicted octanol–water partition coefficient (Wildman–Crippen LogP) is 2.64. The summed E-state index contributed by atoms with van der Waals surface area (Å²) in [7, 11) is 0. The molecule has 0 amide bonds. The maximum Gasteiger partial charge on any atom is 0.0400 e. The van der Waals surface area contributed by atoms with Crippen LogP contribution in [0.5, 0.6) is 0 Å². The molecule has 0 unspecified atom stereocenters. The van der Waals surface area contributed by atoms with Gasteiger partial charge in [-0.1, -0.05) is 13.8 Å².